The number of rotatable bonds is 3. The minimum Gasteiger partial charge on any atom is -0.491 e. The van der Waals surface area contributed by atoms with Crippen LogP contribution in [-0.4, -0.2) is 50.3 Å². The smallest absolute Gasteiger partial charge is 0.260 e. The number of hydrogen-bond acceptors (Lipinski definition) is 5. The minimum atomic E-state index is -0.0750. The molecule has 1 saturated heterocycles. The zero-order chi connectivity index (χ0) is 13.9. The van der Waals surface area contributed by atoms with Crippen LogP contribution in [0.15, 0.2) is 18.2 Å². The van der Waals surface area contributed by atoms with E-state index in [1.165, 1.54) is 0 Å². The Bertz CT molecular complexity index is 500. The maximum atomic E-state index is 12.0. The lowest BCUT2D eigenvalue weighted by Crippen LogP contribution is -2.42. The fourth-order valence-electron chi connectivity index (χ4n) is 2.35. The van der Waals surface area contributed by atoms with Crippen LogP contribution >= 0.6 is 0 Å². The van der Waals surface area contributed by atoms with E-state index < -0.39 is 0 Å². The van der Waals surface area contributed by atoms with Crippen LogP contribution in [0.5, 0.6) is 11.5 Å². The average Bonchev–Trinajstić information content (AvgIpc) is 2.87. The average molecular weight is 278 g/mol. The zero-order valence-electron chi connectivity index (χ0n) is 11.2. The van der Waals surface area contributed by atoms with Crippen molar-refractivity contribution in [2.24, 2.45) is 5.73 Å². The lowest BCUT2D eigenvalue weighted by Gasteiger charge is -2.26. The first-order chi connectivity index (χ1) is 9.74. The number of hydrogen-bond donors (Lipinski definition) is 1. The predicted octanol–water partition coefficient (Wildman–Crippen LogP) is 0.316. The molecule has 0 spiro atoms. The van der Waals surface area contributed by atoms with Gasteiger partial charge in [-0.15, -0.1) is 0 Å². The molecule has 108 valence electrons. The van der Waals surface area contributed by atoms with Crippen molar-refractivity contribution in [3.05, 3.63) is 23.8 Å². The summed E-state index contributed by atoms with van der Waals surface area (Å²) in [6.45, 7) is 2.97. The van der Waals surface area contributed by atoms with Gasteiger partial charge >= 0.3 is 0 Å². The second kappa shape index (κ2) is 5.68. The zero-order valence-corrected chi connectivity index (χ0v) is 11.2. The molecule has 0 aromatic heterocycles. The van der Waals surface area contributed by atoms with Crippen molar-refractivity contribution in [1.82, 2.24) is 4.90 Å². The van der Waals surface area contributed by atoms with Crippen molar-refractivity contribution in [2.75, 3.05) is 39.5 Å². The fraction of sp³-hybridized carbons (Fsp3) is 0.500. The monoisotopic (exact) mass is 278 g/mol. The number of morpholine rings is 1. The highest BCUT2D eigenvalue weighted by Crippen LogP contribution is 2.33. The van der Waals surface area contributed by atoms with Crippen LogP contribution in [0.25, 0.3) is 0 Å². The maximum Gasteiger partial charge on any atom is 0.260 e. The molecule has 1 atom stereocenters. The van der Waals surface area contributed by atoms with Gasteiger partial charge in [-0.3, -0.25) is 4.79 Å². The van der Waals surface area contributed by atoms with E-state index in [4.69, 9.17) is 19.9 Å². The maximum absolute atomic E-state index is 12.0. The van der Waals surface area contributed by atoms with Crippen molar-refractivity contribution in [3.8, 4) is 11.5 Å². The van der Waals surface area contributed by atoms with Crippen LogP contribution in [0.2, 0.25) is 0 Å². The van der Waals surface area contributed by atoms with E-state index in [-0.39, 0.29) is 18.6 Å². The van der Waals surface area contributed by atoms with Gasteiger partial charge in [0.15, 0.2) is 6.61 Å². The van der Waals surface area contributed by atoms with Crippen LogP contribution in [0, 0.1) is 0 Å². The highest BCUT2D eigenvalue weighted by atomic mass is 16.5. The van der Waals surface area contributed by atoms with Gasteiger partial charge in [0.1, 0.15) is 18.1 Å². The van der Waals surface area contributed by atoms with Crippen LogP contribution in [0.1, 0.15) is 11.6 Å². The molecule has 20 heavy (non-hydrogen) atoms. The SMILES string of the molecule is NC1COc2cc(OCC(=O)N3CCOCC3)ccc21. The number of carbonyl (C=O) groups is 1. The summed E-state index contributed by atoms with van der Waals surface area (Å²) in [7, 11) is 0. The van der Waals surface area contributed by atoms with Crippen LogP contribution in [0.3, 0.4) is 0 Å². The van der Waals surface area contributed by atoms with Crippen molar-refractivity contribution >= 4 is 5.91 Å². The van der Waals surface area contributed by atoms with E-state index in [9.17, 15) is 4.79 Å². The van der Waals surface area contributed by atoms with Gasteiger partial charge in [-0.25, -0.2) is 0 Å². The van der Waals surface area contributed by atoms with Crippen molar-refractivity contribution in [3.63, 3.8) is 0 Å². The molecule has 3 rings (SSSR count). The van der Waals surface area contributed by atoms with Gasteiger partial charge in [0.05, 0.1) is 19.3 Å². The van der Waals surface area contributed by atoms with Crippen LogP contribution < -0.4 is 15.2 Å². The number of amides is 1. The summed E-state index contributed by atoms with van der Waals surface area (Å²) in [5, 5.41) is 0. The molecule has 6 heteroatoms. The predicted molar refractivity (Wildman–Crippen MR) is 71.8 cm³/mol. The molecule has 2 heterocycles. The molecule has 2 aliphatic heterocycles. The lowest BCUT2D eigenvalue weighted by molar-refractivity contribution is -0.137. The van der Waals surface area contributed by atoms with E-state index in [0.29, 0.717) is 38.7 Å². The Morgan fingerprint density at radius 2 is 2.20 bits per heavy atom. The first-order valence-corrected chi connectivity index (χ1v) is 6.74. The molecule has 1 amide bonds. The molecular formula is C14H18N2O4. The summed E-state index contributed by atoms with van der Waals surface area (Å²) in [6.07, 6.45) is 0. The van der Waals surface area contributed by atoms with Crippen LogP contribution in [-0.2, 0) is 9.53 Å². The molecule has 1 aromatic rings. The number of carbonyl (C=O) groups excluding carboxylic acids is 1. The van der Waals surface area contributed by atoms with Gasteiger partial charge in [0.25, 0.3) is 5.91 Å². The third-order valence-corrected chi connectivity index (χ3v) is 3.53. The van der Waals surface area contributed by atoms with Crippen LogP contribution in [0.4, 0.5) is 0 Å². The number of fused-ring (bicyclic) bond motifs is 1. The normalized spacial score (nSPS) is 21.2. The first kappa shape index (κ1) is 13.2. The van der Waals surface area contributed by atoms with Crippen molar-refractivity contribution in [1.29, 1.82) is 0 Å². The molecule has 0 bridgehead atoms. The van der Waals surface area contributed by atoms with Gasteiger partial charge in [-0.1, -0.05) is 0 Å². The number of nitrogens with two attached hydrogens (primary N) is 1. The Kier molecular flexibility index (Phi) is 3.75. The molecule has 2 N–H and O–H groups in total. The minimum absolute atomic E-state index is 0.0218. The van der Waals surface area contributed by atoms with Crippen molar-refractivity contribution < 1.29 is 19.0 Å². The van der Waals surface area contributed by atoms with E-state index in [1.807, 2.05) is 12.1 Å². The third-order valence-electron chi connectivity index (χ3n) is 3.53. The number of ether oxygens (including phenoxy) is 3. The summed E-state index contributed by atoms with van der Waals surface area (Å²) in [4.78, 5) is 13.7. The molecule has 0 saturated carbocycles. The molecule has 1 fully saturated rings. The Morgan fingerprint density at radius 3 is 3.00 bits per heavy atom. The molecule has 1 unspecified atom stereocenters. The second-order valence-corrected chi connectivity index (χ2v) is 4.90. The molecule has 6 nitrogen and oxygen atoms in total. The molecule has 0 aliphatic carbocycles. The van der Waals surface area contributed by atoms with E-state index >= 15 is 0 Å². The molecule has 1 aromatic carbocycles. The first-order valence-electron chi connectivity index (χ1n) is 6.74. The van der Waals surface area contributed by atoms with E-state index in [1.54, 1.807) is 11.0 Å². The van der Waals surface area contributed by atoms with Gasteiger partial charge < -0.3 is 24.8 Å². The molecule has 2 aliphatic rings. The number of benzene rings is 1. The summed E-state index contributed by atoms with van der Waals surface area (Å²) in [5.74, 6) is 1.35. The highest BCUT2D eigenvalue weighted by molar-refractivity contribution is 5.77. The Morgan fingerprint density at radius 1 is 1.40 bits per heavy atom. The van der Waals surface area contributed by atoms with Gasteiger partial charge in [-0.05, 0) is 12.1 Å². The van der Waals surface area contributed by atoms with E-state index in [2.05, 4.69) is 0 Å². The topological polar surface area (TPSA) is 74.0 Å². The Labute approximate surface area is 117 Å². The van der Waals surface area contributed by atoms with Crippen molar-refractivity contribution in [2.45, 2.75) is 6.04 Å². The largest absolute Gasteiger partial charge is 0.491 e. The molecular weight excluding hydrogens is 260 g/mol. The number of nitrogens with zero attached hydrogens (tertiary/aromatic N) is 1. The summed E-state index contributed by atoms with van der Waals surface area (Å²) in [6, 6.07) is 5.42. The summed E-state index contributed by atoms with van der Waals surface area (Å²) < 4.78 is 16.2. The summed E-state index contributed by atoms with van der Waals surface area (Å²) >= 11 is 0. The lowest BCUT2D eigenvalue weighted by atomic mass is 10.1. The molecule has 0 radical (unpaired) electrons. The third kappa shape index (κ3) is 2.71. The Balaban J connectivity index is 1.57. The second-order valence-electron chi connectivity index (χ2n) is 4.90. The van der Waals surface area contributed by atoms with Gasteiger partial charge in [-0.2, -0.15) is 0 Å². The standard InChI is InChI=1S/C14H18N2O4/c15-12-8-20-13-7-10(1-2-11(12)13)19-9-14(17)16-3-5-18-6-4-16/h1-2,7,12H,3-6,8-9,15H2. The Hall–Kier alpha value is -1.79. The highest BCUT2D eigenvalue weighted by Gasteiger charge is 2.21. The summed E-state index contributed by atoms with van der Waals surface area (Å²) in [5.41, 5.74) is 6.86. The quantitative estimate of drug-likeness (QED) is 0.861. The van der Waals surface area contributed by atoms with Gasteiger partial charge in [0, 0.05) is 24.7 Å². The fourth-order valence-corrected chi connectivity index (χ4v) is 2.35. The van der Waals surface area contributed by atoms with Gasteiger partial charge in [0.2, 0.25) is 0 Å². The van der Waals surface area contributed by atoms with E-state index in [0.717, 1.165) is 11.3 Å².